The number of aromatic hydroxyl groups is 1. The molecule has 2 N–H and O–H groups in total. The van der Waals surface area contributed by atoms with E-state index in [1.165, 1.54) is 0 Å². The van der Waals surface area contributed by atoms with Crippen molar-refractivity contribution in [2.24, 2.45) is 0 Å². The Labute approximate surface area is 105 Å². The van der Waals surface area contributed by atoms with Gasteiger partial charge in [-0.3, -0.25) is 4.79 Å². The monoisotopic (exact) mass is 249 g/mol. The van der Waals surface area contributed by atoms with Crippen molar-refractivity contribution in [1.82, 2.24) is 5.32 Å². The molecule has 0 fully saturated rings. The molecule has 5 heteroatoms. The number of nitrogens with one attached hydrogen (secondary N) is 1. The van der Waals surface area contributed by atoms with Gasteiger partial charge in [-0.05, 0) is 7.05 Å². The summed E-state index contributed by atoms with van der Waals surface area (Å²) in [4.78, 5) is 12.2. The number of rotatable bonds is 3. The van der Waals surface area contributed by atoms with Crippen LogP contribution in [0.15, 0.2) is 0 Å². The maximum atomic E-state index is 12.2. The van der Waals surface area contributed by atoms with Gasteiger partial charge in [-0.2, -0.15) is 0 Å². The van der Waals surface area contributed by atoms with Crippen LogP contribution in [0.5, 0.6) is 17.2 Å². The number of hydrogen-bond acceptors (Lipinski definition) is 5. The number of carbonyl (C=O) groups is 1. The molecule has 0 amide bonds. The van der Waals surface area contributed by atoms with Crippen LogP contribution in [0.1, 0.15) is 21.5 Å². The zero-order valence-electron chi connectivity index (χ0n) is 10.2. The minimum absolute atomic E-state index is 0.0163. The van der Waals surface area contributed by atoms with E-state index in [0.717, 1.165) is 5.56 Å². The minimum atomic E-state index is -0.0163. The van der Waals surface area contributed by atoms with Crippen molar-refractivity contribution in [3.63, 3.8) is 0 Å². The maximum Gasteiger partial charge on any atom is 0.180 e. The van der Waals surface area contributed by atoms with Crippen molar-refractivity contribution in [3.8, 4) is 17.2 Å². The molecule has 0 saturated heterocycles. The standard InChI is InChI=1S/C13H15NO4/c1-14-6-9(15)10-7-2-4-18-13(7)11(16)8-3-5-17-12(8)10/h14,16H,2-6H2,1H3. The van der Waals surface area contributed by atoms with E-state index in [1.807, 2.05) is 0 Å². The van der Waals surface area contributed by atoms with Crippen LogP contribution < -0.4 is 14.8 Å². The predicted octanol–water partition coefficient (Wildman–Crippen LogP) is 0.664. The smallest absolute Gasteiger partial charge is 0.180 e. The number of ether oxygens (including phenoxy) is 2. The molecule has 0 radical (unpaired) electrons. The predicted molar refractivity (Wildman–Crippen MR) is 64.8 cm³/mol. The van der Waals surface area contributed by atoms with Crippen LogP contribution in [0.25, 0.3) is 0 Å². The summed E-state index contributed by atoms with van der Waals surface area (Å²) in [6.45, 7) is 1.27. The maximum absolute atomic E-state index is 12.2. The van der Waals surface area contributed by atoms with Gasteiger partial charge in [0.25, 0.3) is 0 Å². The lowest BCUT2D eigenvalue weighted by Crippen LogP contribution is -2.20. The number of Topliss-reactive ketones (excluding diaryl/α,β-unsaturated/α-hetero) is 1. The van der Waals surface area contributed by atoms with Crippen LogP contribution >= 0.6 is 0 Å². The molecule has 2 heterocycles. The summed E-state index contributed by atoms with van der Waals surface area (Å²) in [6, 6.07) is 0. The highest BCUT2D eigenvalue weighted by Gasteiger charge is 2.33. The fourth-order valence-electron chi connectivity index (χ4n) is 2.63. The number of phenolic OH excluding ortho intramolecular Hbond substituents is 1. The van der Waals surface area contributed by atoms with E-state index in [-0.39, 0.29) is 18.1 Å². The molecular formula is C13H15NO4. The van der Waals surface area contributed by atoms with Gasteiger partial charge in [-0.1, -0.05) is 0 Å². The van der Waals surface area contributed by atoms with Gasteiger partial charge in [0.05, 0.1) is 25.3 Å². The summed E-state index contributed by atoms with van der Waals surface area (Å²) in [6.07, 6.45) is 1.27. The summed E-state index contributed by atoms with van der Waals surface area (Å²) in [7, 11) is 1.73. The molecule has 0 unspecified atom stereocenters. The molecule has 0 spiro atoms. The largest absolute Gasteiger partial charge is 0.504 e. The van der Waals surface area contributed by atoms with Crippen molar-refractivity contribution in [3.05, 3.63) is 16.7 Å². The Bertz CT molecular complexity index is 489. The van der Waals surface area contributed by atoms with Gasteiger partial charge in [-0.25, -0.2) is 0 Å². The van der Waals surface area contributed by atoms with Crippen molar-refractivity contribution in [1.29, 1.82) is 0 Å². The Morgan fingerprint density at radius 3 is 2.61 bits per heavy atom. The summed E-state index contributed by atoms with van der Waals surface area (Å²) in [5, 5.41) is 13.0. The first-order valence-corrected chi connectivity index (χ1v) is 6.08. The molecule has 1 aromatic rings. The first kappa shape index (κ1) is 11.3. The van der Waals surface area contributed by atoms with Crippen molar-refractivity contribution in [2.45, 2.75) is 12.8 Å². The average molecular weight is 249 g/mol. The van der Waals surface area contributed by atoms with E-state index in [2.05, 4.69) is 5.32 Å². The molecule has 0 aromatic heterocycles. The first-order valence-electron chi connectivity index (χ1n) is 6.08. The average Bonchev–Trinajstić information content (AvgIpc) is 2.97. The fraction of sp³-hybridized carbons (Fsp3) is 0.462. The van der Waals surface area contributed by atoms with Gasteiger partial charge in [0.1, 0.15) is 5.75 Å². The zero-order valence-corrected chi connectivity index (χ0v) is 10.2. The van der Waals surface area contributed by atoms with Crippen LogP contribution in [0.4, 0.5) is 0 Å². The SMILES string of the molecule is CNCC(=O)c1c2c(c(O)c3c1OCC3)OCC2. The van der Waals surface area contributed by atoms with Crippen molar-refractivity contribution < 1.29 is 19.4 Å². The number of ketones is 1. The lowest BCUT2D eigenvalue weighted by Gasteiger charge is -2.13. The number of fused-ring (bicyclic) bond motifs is 2. The Kier molecular flexibility index (Phi) is 2.63. The van der Waals surface area contributed by atoms with Gasteiger partial charge < -0.3 is 19.9 Å². The quantitative estimate of drug-likeness (QED) is 0.770. The van der Waals surface area contributed by atoms with Gasteiger partial charge in [-0.15, -0.1) is 0 Å². The lowest BCUT2D eigenvalue weighted by molar-refractivity contribution is 0.0989. The molecule has 3 rings (SSSR count). The molecule has 5 nitrogen and oxygen atoms in total. The second-order valence-electron chi connectivity index (χ2n) is 4.49. The molecule has 0 saturated carbocycles. The van der Waals surface area contributed by atoms with E-state index in [0.29, 0.717) is 48.7 Å². The molecule has 0 bridgehead atoms. The zero-order chi connectivity index (χ0) is 12.7. The Morgan fingerprint density at radius 2 is 1.89 bits per heavy atom. The normalized spacial score (nSPS) is 15.8. The first-order chi connectivity index (χ1) is 8.74. The third-order valence-electron chi connectivity index (χ3n) is 3.39. The third kappa shape index (κ3) is 1.47. The van der Waals surface area contributed by atoms with E-state index < -0.39 is 0 Å². The van der Waals surface area contributed by atoms with E-state index in [9.17, 15) is 9.90 Å². The Balaban J connectivity index is 2.21. The van der Waals surface area contributed by atoms with Crippen LogP contribution in [0.2, 0.25) is 0 Å². The number of benzene rings is 1. The lowest BCUT2D eigenvalue weighted by atomic mass is 9.95. The highest BCUT2D eigenvalue weighted by Crippen LogP contribution is 2.48. The Morgan fingerprint density at radius 1 is 1.22 bits per heavy atom. The summed E-state index contributed by atoms with van der Waals surface area (Å²) in [5.41, 5.74) is 2.07. The van der Waals surface area contributed by atoms with E-state index >= 15 is 0 Å². The van der Waals surface area contributed by atoms with Crippen LogP contribution in [0, 0.1) is 0 Å². The summed E-state index contributed by atoms with van der Waals surface area (Å²) in [5.74, 6) is 1.16. The molecule has 96 valence electrons. The highest BCUT2D eigenvalue weighted by molar-refractivity contribution is 6.03. The third-order valence-corrected chi connectivity index (χ3v) is 3.39. The van der Waals surface area contributed by atoms with Crippen molar-refractivity contribution in [2.75, 3.05) is 26.8 Å². The van der Waals surface area contributed by atoms with Crippen LogP contribution in [-0.2, 0) is 12.8 Å². The van der Waals surface area contributed by atoms with E-state index in [4.69, 9.17) is 9.47 Å². The highest BCUT2D eigenvalue weighted by atomic mass is 16.5. The fourth-order valence-corrected chi connectivity index (χ4v) is 2.63. The van der Waals surface area contributed by atoms with Gasteiger partial charge in [0.15, 0.2) is 17.3 Å². The van der Waals surface area contributed by atoms with Crippen LogP contribution in [0.3, 0.4) is 0 Å². The molecule has 2 aliphatic heterocycles. The molecule has 0 atom stereocenters. The van der Waals surface area contributed by atoms with Gasteiger partial charge >= 0.3 is 0 Å². The number of phenols is 1. The number of likely N-dealkylation sites (N-methyl/N-ethyl adjacent to an activating group) is 1. The molecule has 1 aromatic carbocycles. The van der Waals surface area contributed by atoms with Gasteiger partial charge in [0.2, 0.25) is 0 Å². The second kappa shape index (κ2) is 4.17. The van der Waals surface area contributed by atoms with Gasteiger partial charge in [0, 0.05) is 24.0 Å². The number of carbonyl (C=O) groups excluding carboxylic acids is 1. The molecule has 18 heavy (non-hydrogen) atoms. The summed E-state index contributed by atoms with van der Waals surface area (Å²) < 4.78 is 11.0. The molecule has 0 aliphatic carbocycles. The molecule has 2 aliphatic rings. The minimum Gasteiger partial charge on any atom is -0.504 e. The number of hydrogen-bond donors (Lipinski definition) is 2. The summed E-state index contributed by atoms with van der Waals surface area (Å²) >= 11 is 0. The second-order valence-corrected chi connectivity index (χ2v) is 4.49. The topological polar surface area (TPSA) is 67.8 Å². The van der Waals surface area contributed by atoms with Crippen molar-refractivity contribution >= 4 is 5.78 Å². The van der Waals surface area contributed by atoms with E-state index in [1.54, 1.807) is 7.05 Å². The molecular weight excluding hydrogens is 234 g/mol. The van der Waals surface area contributed by atoms with Crippen LogP contribution in [-0.4, -0.2) is 37.7 Å². The Hall–Kier alpha value is -1.75.